The Balaban J connectivity index is 1.28. The maximum Gasteiger partial charge on any atom is 0.229 e. The van der Waals surface area contributed by atoms with E-state index >= 15 is 0 Å². The molecule has 0 bridgehead atoms. The Labute approximate surface area is 215 Å². The number of aromatic nitrogens is 4. The molecule has 8 nitrogen and oxygen atoms in total. The predicted octanol–water partition coefficient (Wildman–Crippen LogP) is 4.36. The molecule has 2 aromatic heterocycles. The van der Waals surface area contributed by atoms with Crippen molar-refractivity contribution in [3.8, 4) is 11.1 Å². The molecule has 2 aliphatic rings. The largest absolute Gasteiger partial charge is 0.363 e. The van der Waals surface area contributed by atoms with Crippen LogP contribution in [0.3, 0.4) is 0 Å². The topological polar surface area (TPSA) is 82.1 Å². The van der Waals surface area contributed by atoms with Gasteiger partial charge in [0.25, 0.3) is 0 Å². The van der Waals surface area contributed by atoms with Crippen LogP contribution in [0.25, 0.3) is 22.3 Å². The molecule has 2 aromatic carbocycles. The zero-order chi connectivity index (χ0) is 24.3. The van der Waals surface area contributed by atoms with E-state index in [1.165, 1.54) is 11.1 Å². The summed E-state index contributed by atoms with van der Waals surface area (Å²) in [5, 5.41) is 7.09. The Morgan fingerprint density at radius 2 is 1.50 bits per heavy atom. The Bertz CT molecular complexity index is 1330. The van der Waals surface area contributed by atoms with Gasteiger partial charge in [-0.2, -0.15) is 9.97 Å². The number of anilines is 3. The maximum absolute atomic E-state index is 6.61. The van der Waals surface area contributed by atoms with Crippen molar-refractivity contribution in [2.75, 3.05) is 54.4 Å². The zero-order valence-electron chi connectivity index (χ0n) is 20.1. The van der Waals surface area contributed by atoms with E-state index in [-0.39, 0.29) is 0 Å². The monoisotopic (exact) mass is 500 g/mol. The minimum atomic E-state index is 0.336. The van der Waals surface area contributed by atoms with Crippen LogP contribution in [0.5, 0.6) is 0 Å². The summed E-state index contributed by atoms with van der Waals surface area (Å²) in [6, 6.07) is 18.9. The van der Waals surface area contributed by atoms with Crippen LogP contribution in [-0.2, 0) is 6.54 Å². The summed E-state index contributed by atoms with van der Waals surface area (Å²) in [5.74, 6) is 2.09. The smallest absolute Gasteiger partial charge is 0.229 e. The van der Waals surface area contributed by atoms with Gasteiger partial charge in [-0.1, -0.05) is 66.2 Å². The molecule has 0 aliphatic carbocycles. The molecule has 2 N–H and O–H groups in total. The molecular weight excluding hydrogens is 472 g/mol. The van der Waals surface area contributed by atoms with Gasteiger partial charge in [0.15, 0.2) is 28.0 Å². The van der Waals surface area contributed by atoms with Crippen molar-refractivity contribution in [3.05, 3.63) is 65.3 Å². The second kappa shape index (κ2) is 10.2. The highest BCUT2D eigenvalue weighted by Gasteiger charge is 2.24. The third-order valence-corrected chi connectivity index (χ3v) is 7.05. The van der Waals surface area contributed by atoms with Gasteiger partial charge < -0.3 is 20.4 Å². The number of rotatable bonds is 6. The lowest BCUT2D eigenvalue weighted by Crippen LogP contribution is -2.44. The predicted molar refractivity (Wildman–Crippen MR) is 146 cm³/mol. The van der Waals surface area contributed by atoms with Crippen molar-refractivity contribution in [3.63, 3.8) is 0 Å². The molecule has 4 aromatic rings. The number of benzene rings is 2. The van der Waals surface area contributed by atoms with Crippen LogP contribution in [0, 0.1) is 0 Å². The minimum absolute atomic E-state index is 0.336. The molecular formula is C27H29ClN8. The fraction of sp³-hybridized carbons (Fsp3) is 0.333. The Kier molecular flexibility index (Phi) is 6.53. The van der Waals surface area contributed by atoms with Gasteiger partial charge in [-0.15, -0.1) is 0 Å². The van der Waals surface area contributed by atoms with Crippen molar-refractivity contribution < 1.29 is 0 Å². The van der Waals surface area contributed by atoms with Gasteiger partial charge in [0.2, 0.25) is 5.95 Å². The van der Waals surface area contributed by atoms with Gasteiger partial charge in [-0.05, 0) is 29.5 Å². The number of fused-ring (bicyclic) bond motifs is 1. The Hall–Kier alpha value is -3.49. The first-order valence-corrected chi connectivity index (χ1v) is 13.0. The molecule has 0 saturated carbocycles. The van der Waals surface area contributed by atoms with Crippen LogP contribution in [0.15, 0.2) is 54.6 Å². The summed E-state index contributed by atoms with van der Waals surface area (Å²) in [7, 11) is 0. The Morgan fingerprint density at radius 3 is 2.25 bits per heavy atom. The molecule has 2 saturated heterocycles. The van der Waals surface area contributed by atoms with Gasteiger partial charge in [0, 0.05) is 45.8 Å². The first-order chi connectivity index (χ1) is 17.7. The highest BCUT2D eigenvalue weighted by Crippen LogP contribution is 2.30. The summed E-state index contributed by atoms with van der Waals surface area (Å²) < 4.78 is 0. The van der Waals surface area contributed by atoms with Crippen molar-refractivity contribution >= 4 is 40.3 Å². The standard InChI is InChI=1S/C27H29ClN8/c28-23-25(30-18-19-8-10-21(11-9-19)20-6-2-1-3-7-20)32-24-22(31-23)26(35-14-4-5-15-35)34-27(33-24)36-16-12-29-13-17-36/h1-3,6-11,29H,4-5,12-18H2,(H,30,32,33,34). The van der Waals surface area contributed by atoms with Crippen LogP contribution < -0.4 is 20.4 Å². The fourth-order valence-corrected chi connectivity index (χ4v) is 4.99. The second-order valence-corrected chi connectivity index (χ2v) is 9.59. The molecule has 184 valence electrons. The molecule has 2 aliphatic heterocycles. The molecule has 9 heteroatoms. The fourth-order valence-electron chi connectivity index (χ4n) is 4.80. The highest BCUT2D eigenvalue weighted by atomic mass is 35.5. The molecule has 4 heterocycles. The first-order valence-electron chi connectivity index (χ1n) is 12.6. The number of hydrogen-bond donors (Lipinski definition) is 2. The quantitative estimate of drug-likeness (QED) is 0.404. The molecule has 0 atom stereocenters. The molecule has 0 amide bonds. The van der Waals surface area contributed by atoms with E-state index in [2.05, 4.69) is 69.0 Å². The normalized spacial score (nSPS) is 16.0. The average Bonchev–Trinajstić information content (AvgIpc) is 3.48. The molecule has 36 heavy (non-hydrogen) atoms. The zero-order valence-corrected chi connectivity index (χ0v) is 20.9. The Morgan fingerprint density at radius 1 is 0.778 bits per heavy atom. The second-order valence-electron chi connectivity index (χ2n) is 9.23. The number of hydrogen-bond acceptors (Lipinski definition) is 8. The van der Waals surface area contributed by atoms with E-state index < -0.39 is 0 Å². The number of nitrogens with zero attached hydrogens (tertiary/aromatic N) is 6. The van der Waals surface area contributed by atoms with Gasteiger partial charge >= 0.3 is 0 Å². The highest BCUT2D eigenvalue weighted by molar-refractivity contribution is 6.32. The van der Waals surface area contributed by atoms with Crippen LogP contribution in [0.2, 0.25) is 5.15 Å². The summed E-state index contributed by atoms with van der Waals surface area (Å²) in [4.78, 5) is 23.8. The summed E-state index contributed by atoms with van der Waals surface area (Å²) in [6.45, 7) is 6.10. The lowest BCUT2D eigenvalue weighted by Gasteiger charge is -2.28. The maximum atomic E-state index is 6.61. The SMILES string of the molecule is Clc1nc2c(N3CCCC3)nc(N3CCNCC3)nc2nc1NCc1ccc(-c2ccccc2)cc1. The van der Waals surface area contributed by atoms with Crippen molar-refractivity contribution in [2.45, 2.75) is 19.4 Å². The molecule has 0 radical (unpaired) electrons. The van der Waals surface area contributed by atoms with Crippen molar-refractivity contribution in [2.24, 2.45) is 0 Å². The van der Waals surface area contributed by atoms with Gasteiger partial charge in [-0.3, -0.25) is 0 Å². The van der Waals surface area contributed by atoms with E-state index in [0.717, 1.165) is 63.5 Å². The molecule has 0 spiro atoms. The summed E-state index contributed by atoms with van der Waals surface area (Å²) >= 11 is 6.61. The summed E-state index contributed by atoms with van der Waals surface area (Å²) in [6.07, 6.45) is 2.30. The molecule has 2 fully saturated rings. The van der Waals surface area contributed by atoms with Gasteiger partial charge in [0.05, 0.1) is 0 Å². The number of piperazine rings is 1. The van der Waals surface area contributed by atoms with E-state index in [0.29, 0.717) is 34.6 Å². The molecule has 0 unspecified atom stereocenters. The van der Waals surface area contributed by atoms with E-state index in [9.17, 15) is 0 Å². The summed E-state index contributed by atoms with van der Waals surface area (Å²) in [5.41, 5.74) is 4.77. The van der Waals surface area contributed by atoms with E-state index in [1.54, 1.807) is 0 Å². The van der Waals surface area contributed by atoms with Crippen LogP contribution in [-0.4, -0.2) is 59.2 Å². The average molecular weight is 501 g/mol. The minimum Gasteiger partial charge on any atom is -0.363 e. The molecule has 6 rings (SSSR count). The van der Waals surface area contributed by atoms with Crippen LogP contribution in [0.1, 0.15) is 18.4 Å². The number of nitrogens with one attached hydrogen (secondary N) is 2. The lowest BCUT2D eigenvalue weighted by molar-refractivity contribution is 0.580. The third kappa shape index (κ3) is 4.79. The van der Waals surface area contributed by atoms with Gasteiger partial charge in [-0.25, -0.2) is 9.97 Å². The third-order valence-electron chi connectivity index (χ3n) is 6.78. The van der Waals surface area contributed by atoms with Crippen molar-refractivity contribution in [1.82, 2.24) is 25.3 Å². The van der Waals surface area contributed by atoms with E-state index in [1.807, 2.05) is 6.07 Å². The number of halogens is 1. The van der Waals surface area contributed by atoms with Gasteiger partial charge in [0.1, 0.15) is 0 Å². The lowest BCUT2D eigenvalue weighted by atomic mass is 10.0. The van der Waals surface area contributed by atoms with Crippen molar-refractivity contribution in [1.29, 1.82) is 0 Å². The first kappa shape index (κ1) is 22.9. The van der Waals surface area contributed by atoms with Crippen LogP contribution >= 0.6 is 11.6 Å². The van der Waals surface area contributed by atoms with Crippen LogP contribution in [0.4, 0.5) is 17.6 Å². The van der Waals surface area contributed by atoms with E-state index in [4.69, 9.17) is 31.5 Å².